The van der Waals surface area contributed by atoms with Gasteiger partial charge in [-0.2, -0.15) is 0 Å². The van der Waals surface area contributed by atoms with Crippen LogP contribution in [0.5, 0.6) is 0 Å². The van der Waals surface area contributed by atoms with Crippen LogP contribution in [0.3, 0.4) is 0 Å². The minimum absolute atomic E-state index is 0.500. The van der Waals surface area contributed by atoms with Crippen molar-refractivity contribution in [3.05, 3.63) is 29.3 Å². The van der Waals surface area contributed by atoms with Crippen LogP contribution in [0.15, 0.2) is 18.2 Å². The Kier molecular flexibility index (Phi) is 3.97. The predicted octanol–water partition coefficient (Wildman–Crippen LogP) is 3.65. The molecule has 0 radical (unpaired) electrons. The number of rotatable bonds is 2. The van der Waals surface area contributed by atoms with E-state index in [-0.39, 0.29) is 0 Å². The van der Waals surface area contributed by atoms with Gasteiger partial charge in [0.15, 0.2) is 0 Å². The third kappa shape index (κ3) is 2.69. The summed E-state index contributed by atoms with van der Waals surface area (Å²) in [5, 5.41) is 0. The molecule has 1 saturated heterocycles. The van der Waals surface area contributed by atoms with Crippen LogP contribution < -0.4 is 10.6 Å². The van der Waals surface area contributed by atoms with E-state index in [0.717, 1.165) is 17.4 Å². The molecule has 2 N–H and O–H groups in total. The normalized spacial score (nSPS) is 26.1. The molecule has 1 aromatic rings. The molecule has 0 aromatic heterocycles. The topological polar surface area (TPSA) is 29.3 Å². The molecule has 20 heavy (non-hydrogen) atoms. The van der Waals surface area contributed by atoms with Gasteiger partial charge in [-0.05, 0) is 55.4 Å². The van der Waals surface area contributed by atoms with Gasteiger partial charge in [-0.25, -0.2) is 0 Å². The summed E-state index contributed by atoms with van der Waals surface area (Å²) in [4.78, 5) is 3.06. The van der Waals surface area contributed by atoms with E-state index >= 15 is 0 Å². The van der Waals surface area contributed by atoms with E-state index in [1.54, 1.807) is 0 Å². The Hall–Kier alpha value is -1.09. The Bertz CT molecular complexity index is 512. The van der Waals surface area contributed by atoms with E-state index in [9.17, 15) is 0 Å². The van der Waals surface area contributed by atoms with Crippen molar-refractivity contribution < 1.29 is 0 Å². The number of nitrogens with zero attached hydrogens (tertiary/aromatic N) is 1. The van der Waals surface area contributed by atoms with Crippen LogP contribution in [0.1, 0.15) is 43.2 Å². The van der Waals surface area contributed by atoms with Crippen LogP contribution in [-0.4, -0.2) is 18.1 Å². The molecular weight excluding hydrogens is 264 g/mol. The Labute approximate surface area is 127 Å². The lowest BCUT2D eigenvalue weighted by Gasteiger charge is -2.42. The number of anilines is 1. The summed E-state index contributed by atoms with van der Waals surface area (Å²) < 4.78 is 0. The maximum Gasteiger partial charge on any atom is 0.104 e. The van der Waals surface area contributed by atoms with Crippen LogP contribution in [0.4, 0.5) is 5.69 Å². The molecule has 108 valence electrons. The first kappa shape index (κ1) is 13.9. The van der Waals surface area contributed by atoms with Crippen LogP contribution in [0.25, 0.3) is 0 Å². The van der Waals surface area contributed by atoms with E-state index in [4.69, 9.17) is 18.0 Å². The molecule has 1 aliphatic heterocycles. The summed E-state index contributed by atoms with van der Waals surface area (Å²) in [6.45, 7) is 4.54. The van der Waals surface area contributed by atoms with Crippen molar-refractivity contribution >= 4 is 22.9 Å². The fourth-order valence-electron chi connectivity index (χ4n) is 3.96. The average molecular weight is 288 g/mol. The van der Waals surface area contributed by atoms with Crippen molar-refractivity contribution in [3.8, 4) is 0 Å². The molecule has 2 nitrogen and oxygen atoms in total. The molecule has 3 heteroatoms. The number of aryl methyl sites for hydroxylation is 1. The Balaban J connectivity index is 1.76. The molecular formula is C17H24N2S. The van der Waals surface area contributed by atoms with Crippen molar-refractivity contribution in [2.24, 2.45) is 17.6 Å². The van der Waals surface area contributed by atoms with Gasteiger partial charge in [-0.3, -0.25) is 0 Å². The highest BCUT2D eigenvalue weighted by Gasteiger charge is 2.31. The molecule has 2 atom stereocenters. The van der Waals surface area contributed by atoms with Gasteiger partial charge in [0.05, 0.1) is 0 Å². The fraction of sp³-hybridized carbons (Fsp3) is 0.588. The summed E-state index contributed by atoms with van der Waals surface area (Å²) in [7, 11) is 0. The first-order valence-corrected chi connectivity index (χ1v) is 8.21. The van der Waals surface area contributed by atoms with Gasteiger partial charge in [0.25, 0.3) is 0 Å². The second-order valence-corrected chi connectivity index (χ2v) is 6.84. The zero-order valence-electron chi connectivity index (χ0n) is 12.3. The first-order valence-electron chi connectivity index (χ1n) is 7.80. The SMILES string of the molecule is Cc1cc(N2CCC3CCCCC3C2)ccc1C(N)=S. The average Bonchev–Trinajstić information content (AvgIpc) is 2.46. The smallest absolute Gasteiger partial charge is 0.104 e. The van der Waals surface area contributed by atoms with Crippen molar-refractivity contribution in [1.29, 1.82) is 0 Å². The molecule has 1 aliphatic carbocycles. The second-order valence-electron chi connectivity index (χ2n) is 6.40. The number of hydrogen-bond acceptors (Lipinski definition) is 2. The molecule has 2 fully saturated rings. The van der Waals surface area contributed by atoms with Crippen LogP contribution in [0, 0.1) is 18.8 Å². The van der Waals surface area contributed by atoms with Gasteiger partial charge in [-0.15, -0.1) is 0 Å². The third-order valence-electron chi connectivity index (χ3n) is 5.13. The Morgan fingerprint density at radius 2 is 1.95 bits per heavy atom. The van der Waals surface area contributed by atoms with E-state index in [1.165, 1.54) is 56.4 Å². The number of hydrogen-bond donors (Lipinski definition) is 1. The maximum absolute atomic E-state index is 5.75. The molecule has 2 unspecified atom stereocenters. The van der Waals surface area contributed by atoms with Gasteiger partial charge < -0.3 is 10.6 Å². The molecule has 1 heterocycles. The summed E-state index contributed by atoms with van der Waals surface area (Å²) in [5.41, 5.74) is 9.29. The van der Waals surface area contributed by atoms with Crippen molar-refractivity contribution in [3.63, 3.8) is 0 Å². The van der Waals surface area contributed by atoms with Gasteiger partial charge >= 0.3 is 0 Å². The van der Waals surface area contributed by atoms with Gasteiger partial charge in [0.1, 0.15) is 4.99 Å². The molecule has 0 amide bonds. The van der Waals surface area contributed by atoms with Crippen LogP contribution in [0.2, 0.25) is 0 Å². The lowest BCUT2D eigenvalue weighted by molar-refractivity contribution is 0.202. The quantitative estimate of drug-likeness (QED) is 0.842. The lowest BCUT2D eigenvalue weighted by Crippen LogP contribution is -2.41. The molecule has 1 saturated carbocycles. The highest BCUT2D eigenvalue weighted by molar-refractivity contribution is 7.80. The van der Waals surface area contributed by atoms with E-state index in [1.807, 2.05) is 0 Å². The highest BCUT2D eigenvalue weighted by Crippen LogP contribution is 2.37. The minimum Gasteiger partial charge on any atom is -0.389 e. The summed E-state index contributed by atoms with van der Waals surface area (Å²) in [6.07, 6.45) is 7.11. The number of nitrogens with two attached hydrogens (primary N) is 1. The van der Waals surface area contributed by atoms with Gasteiger partial charge in [-0.1, -0.05) is 31.5 Å². The van der Waals surface area contributed by atoms with E-state index in [0.29, 0.717) is 4.99 Å². The highest BCUT2D eigenvalue weighted by atomic mass is 32.1. The number of benzene rings is 1. The molecule has 0 bridgehead atoms. The van der Waals surface area contributed by atoms with Gasteiger partial charge in [0, 0.05) is 24.3 Å². The Morgan fingerprint density at radius 3 is 2.65 bits per heavy atom. The van der Waals surface area contributed by atoms with Crippen LogP contribution >= 0.6 is 12.2 Å². The zero-order valence-corrected chi connectivity index (χ0v) is 13.1. The molecule has 0 spiro atoms. The number of piperidine rings is 1. The van der Waals surface area contributed by atoms with Crippen LogP contribution in [-0.2, 0) is 0 Å². The first-order chi connectivity index (χ1) is 9.65. The third-order valence-corrected chi connectivity index (χ3v) is 5.35. The van der Waals surface area contributed by atoms with Crippen molar-refractivity contribution in [2.75, 3.05) is 18.0 Å². The monoisotopic (exact) mass is 288 g/mol. The molecule has 3 rings (SSSR count). The summed E-state index contributed by atoms with van der Waals surface area (Å²) in [6, 6.07) is 6.52. The Morgan fingerprint density at radius 1 is 1.20 bits per heavy atom. The van der Waals surface area contributed by atoms with E-state index < -0.39 is 0 Å². The molecule has 1 aromatic carbocycles. The van der Waals surface area contributed by atoms with E-state index in [2.05, 4.69) is 30.0 Å². The summed E-state index contributed by atoms with van der Waals surface area (Å²) in [5.74, 6) is 1.89. The second kappa shape index (κ2) is 5.72. The largest absolute Gasteiger partial charge is 0.389 e. The number of fused-ring (bicyclic) bond motifs is 1. The molecule has 2 aliphatic rings. The van der Waals surface area contributed by atoms with Crippen molar-refractivity contribution in [2.45, 2.75) is 39.0 Å². The van der Waals surface area contributed by atoms with Gasteiger partial charge in [0.2, 0.25) is 0 Å². The van der Waals surface area contributed by atoms with Crippen molar-refractivity contribution in [1.82, 2.24) is 0 Å². The summed E-state index contributed by atoms with van der Waals surface area (Å²) >= 11 is 5.09. The minimum atomic E-state index is 0.500. The predicted molar refractivity (Wildman–Crippen MR) is 89.3 cm³/mol. The zero-order chi connectivity index (χ0) is 14.1. The fourth-order valence-corrected chi connectivity index (χ4v) is 4.19. The lowest BCUT2D eigenvalue weighted by atomic mass is 9.75. The maximum atomic E-state index is 5.75. The standard InChI is InChI=1S/C17H24N2S/c1-12-10-15(6-7-16(12)17(18)20)19-9-8-13-4-2-3-5-14(13)11-19/h6-7,10,13-14H,2-5,8-9,11H2,1H3,(H2,18,20). The number of thiocarbonyl (C=S) groups is 1.